The average Bonchev–Trinajstić information content (AvgIpc) is 2.65. The van der Waals surface area contributed by atoms with Crippen molar-refractivity contribution in [2.24, 2.45) is 5.92 Å². The highest BCUT2D eigenvalue weighted by Crippen LogP contribution is 2.33. The highest BCUT2D eigenvalue weighted by molar-refractivity contribution is 6.33. The zero-order valence-corrected chi connectivity index (χ0v) is 10.7. The Balaban J connectivity index is 2.30. The van der Waals surface area contributed by atoms with Crippen molar-refractivity contribution in [2.45, 2.75) is 19.9 Å². The minimum atomic E-state index is 0.777. The van der Waals surface area contributed by atoms with Gasteiger partial charge in [-0.3, -0.25) is 0 Å². The molecule has 0 aromatic heterocycles. The number of nitrogens with one attached hydrogen (secondary N) is 1. The van der Waals surface area contributed by atoms with E-state index in [4.69, 9.17) is 11.6 Å². The van der Waals surface area contributed by atoms with Crippen molar-refractivity contribution in [3.8, 4) is 0 Å². The Hall–Kier alpha value is -0.730. The summed E-state index contributed by atoms with van der Waals surface area (Å²) in [5.74, 6) is 0.777. The summed E-state index contributed by atoms with van der Waals surface area (Å²) in [5.41, 5.74) is 2.52. The first-order valence-electron chi connectivity index (χ1n) is 5.89. The Morgan fingerprint density at radius 3 is 2.94 bits per heavy atom. The van der Waals surface area contributed by atoms with E-state index in [9.17, 15) is 0 Å². The van der Waals surface area contributed by atoms with Gasteiger partial charge < -0.3 is 10.2 Å². The summed E-state index contributed by atoms with van der Waals surface area (Å²) in [4.78, 5) is 2.42. The summed E-state index contributed by atoms with van der Waals surface area (Å²) < 4.78 is 0. The third-order valence-electron chi connectivity index (χ3n) is 3.18. The lowest BCUT2D eigenvalue weighted by Crippen LogP contribution is -2.22. The summed E-state index contributed by atoms with van der Waals surface area (Å²) in [7, 11) is 1.97. The van der Waals surface area contributed by atoms with Gasteiger partial charge in [0, 0.05) is 19.6 Å². The molecule has 1 saturated heterocycles. The van der Waals surface area contributed by atoms with E-state index in [2.05, 4.69) is 23.2 Å². The predicted molar refractivity (Wildman–Crippen MR) is 70.2 cm³/mol. The van der Waals surface area contributed by atoms with Gasteiger partial charge in [-0.1, -0.05) is 30.7 Å². The maximum Gasteiger partial charge on any atom is 0.0642 e. The van der Waals surface area contributed by atoms with Gasteiger partial charge in [0.1, 0.15) is 0 Å². The van der Waals surface area contributed by atoms with E-state index in [1.54, 1.807) is 0 Å². The molecular formula is C13H19ClN2. The molecule has 0 aliphatic carbocycles. The Morgan fingerprint density at radius 1 is 1.50 bits per heavy atom. The molecule has 1 N–H and O–H groups in total. The van der Waals surface area contributed by atoms with Gasteiger partial charge in [-0.05, 0) is 31.0 Å². The monoisotopic (exact) mass is 238 g/mol. The van der Waals surface area contributed by atoms with Gasteiger partial charge in [0.25, 0.3) is 0 Å². The summed E-state index contributed by atoms with van der Waals surface area (Å²) >= 11 is 6.32. The molecule has 1 heterocycles. The van der Waals surface area contributed by atoms with E-state index >= 15 is 0 Å². The van der Waals surface area contributed by atoms with Crippen LogP contribution in [0.1, 0.15) is 18.9 Å². The molecule has 0 amide bonds. The van der Waals surface area contributed by atoms with Crippen molar-refractivity contribution in [1.29, 1.82) is 0 Å². The van der Waals surface area contributed by atoms with Gasteiger partial charge >= 0.3 is 0 Å². The number of para-hydroxylation sites is 1. The van der Waals surface area contributed by atoms with Crippen LogP contribution in [0.4, 0.5) is 5.69 Å². The van der Waals surface area contributed by atoms with Crippen LogP contribution in [-0.4, -0.2) is 20.1 Å². The molecule has 16 heavy (non-hydrogen) atoms. The molecule has 1 aliphatic rings. The molecule has 1 unspecified atom stereocenters. The Bertz CT molecular complexity index is 365. The van der Waals surface area contributed by atoms with Crippen LogP contribution in [0.2, 0.25) is 5.02 Å². The maximum absolute atomic E-state index is 6.32. The van der Waals surface area contributed by atoms with Crippen LogP contribution in [0.5, 0.6) is 0 Å². The molecule has 1 fully saturated rings. The zero-order valence-electron chi connectivity index (χ0n) is 9.96. The molecule has 3 heteroatoms. The van der Waals surface area contributed by atoms with E-state index < -0.39 is 0 Å². The van der Waals surface area contributed by atoms with E-state index in [0.717, 1.165) is 30.6 Å². The first-order valence-corrected chi connectivity index (χ1v) is 6.27. The summed E-state index contributed by atoms with van der Waals surface area (Å²) in [5, 5.41) is 4.08. The van der Waals surface area contributed by atoms with Crippen LogP contribution in [0.3, 0.4) is 0 Å². The molecule has 2 nitrogen and oxygen atoms in total. The van der Waals surface area contributed by atoms with Crippen molar-refractivity contribution in [3.63, 3.8) is 0 Å². The Labute approximate surface area is 103 Å². The fraction of sp³-hybridized carbons (Fsp3) is 0.538. The lowest BCUT2D eigenvalue weighted by Gasteiger charge is -2.23. The summed E-state index contributed by atoms with van der Waals surface area (Å²) in [6.45, 7) is 5.43. The standard InChI is InChI=1S/C13H19ClN2/c1-10-6-7-16(9-10)13-11(8-15-2)4-3-5-12(13)14/h3-5,10,15H,6-9H2,1-2H3. The van der Waals surface area contributed by atoms with E-state index in [1.807, 2.05) is 19.2 Å². The number of hydrogen-bond acceptors (Lipinski definition) is 2. The summed E-state index contributed by atoms with van der Waals surface area (Å²) in [6.07, 6.45) is 1.27. The lowest BCUT2D eigenvalue weighted by atomic mass is 10.1. The number of hydrogen-bond donors (Lipinski definition) is 1. The predicted octanol–water partition coefficient (Wildman–Crippen LogP) is 2.91. The molecule has 0 bridgehead atoms. The zero-order chi connectivity index (χ0) is 11.5. The number of nitrogens with zero attached hydrogens (tertiary/aromatic N) is 1. The first kappa shape index (κ1) is 11.7. The molecule has 0 spiro atoms. The molecular weight excluding hydrogens is 220 g/mol. The van der Waals surface area contributed by atoms with E-state index in [0.29, 0.717) is 0 Å². The SMILES string of the molecule is CNCc1cccc(Cl)c1N1CCC(C)C1. The van der Waals surface area contributed by atoms with Gasteiger partial charge in [0.2, 0.25) is 0 Å². The summed E-state index contributed by atoms with van der Waals surface area (Å²) in [6, 6.07) is 6.16. The van der Waals surface area contributed by atoms with Gasteiger partial charge in [0.15, 0.2) is 0 Å². The maximum atomic E-state index is 6.32. The van der Waals surface area contributed by atoms with Crippen molar-refractivity contribution in [3.05, 3.63) is 28.8 Å². The number of benzene rings is 1. The number of anilines is 1. The number of rotatable bonds is 3. The van der Waals surface area contributed by atoms with Crippen LogP contribution in [-0.2, 0) is 6.54 Å². The van der Waals surface area contributed by atoms with Crippen molar-refractivity contribution >= 4 is 17.3 Å². The van der Waals surface area contributed by atoms with Gasteiger partial charge in [-0.15, -0.1) is 0 Å². The Kier molecular flexibility index (Phi) is 3.72. The minimum Gasteiger partial charge on any atom is -0.370 e. The fourth-order valence-corrected chi connectivity index (χ4v) is 2.70. The minimum absolute atomic E-state index is 0.777. The topological polar surface area (TPSA) is 15.3 Å². The van der Waals surface area contributed by atoms with Crippen LogP contribution in [0.25, 0.3) is 0 Å². The van der Waals surface area contributed by atoms with Gasteiger partial charge in [-0.2, -0.15) is 0 Å². The lowest BCUT2D eigenvalue weighted by molar-refractivity contribution is 0.659. The third kappa shape index (κ3) is 2.33. The molecule has 88 valence electrons. The van der Waals surface area contributed by atoms with Crippen LogP contribution in [0.15, 0.2) is 18.2 Å². The highest BCUT2D eigenvalue weighted by Gasteiger charge is 2.22. The molecule has 1 aromatic carbocycles. The largest absolute Gasteiger partial charge is 0.370 e. The second kappa shape index (κ2) is 5.07. The second-order valence-electron chi connectivity index (χ2n) is 4.62. The number of halogens is 1. The Morgan fingerprint density at radius 2 is 2.31 bits per heavy atom. The molecule has 1 aromatic rings. The molecule has 2 rings (SSSR count). The van der Waals surface area contributed by atoms with Crippen molar-refractivity contribution in [2.75, 3.05) is 25.0 Å². The quantitative estimate of drug-likeness (QED) is 0.871. The third-order valence-corrected chi connectivity index (χ3v) is 3.48. The second-order valence-corrected chi connectivity index (χ2v) is 5.02. The first-order chi connectivity index (χ1) is 7.72. The van der Waals surface area contributed by atoms with Crippen LogP contribution < -0.4 is 10.2 Å². The average molecular weight is 239 g/mol. The van der Waals surface area contributed by atoms with E-state index in [-0.39, 0.29) is 0 Å². The van der Waals surface area contributed by atoms with Crippen molar-refractivity contribution in [1.82, 2.24) is 5.32 Å². The normalized spacial score (nSPS) is 20.4. The smallest absolute Gasteiger partial charge is 0.0642 e. The van der Waals surface area contributed by atoms with Crippen LogP contribution in [0, 0.1) is 5.92 Å². The molecule has 1 aliphatic heterocycles. The van der Waals surface area contributed by atoms with Crippen molar-refractivity contribution < 1.29 is 0 Å². The molecule has 1 atom stereocenters. The van der Waals surface area contributed by atoms with Gasteiger partial charge in [-0.25, -0.2) is 0 Å². The molecule has 0 saturated carbocycles. The van der Waals surface area contributed by atoms with E-state index in [1.165, 1.54) is 17.7 Å². The van der Waals surface area contributed by atoms with Crippen LogP contribution >= 0.6 is 11.6 Å². The highest BCUT2D eigenvalue weighted by atomic mass is 35.5. The fourth-order valence-electron chi connectivity index (χ4n) is 2.39. The molecule has 0 radical (unpaired) electrons. The van der Waals surface area contributed by atoms with Gasteiger partial charge in [0.05, 0.1) is 10.7 Å².